The molecule has 0 aliphatic carbocycles. The maximum absolute atomic E-state index is 12.2. The maximum atomic E-state index is 12.2. The lowest BCUT2D eigenvalue weighted by atomic mass is 10.0. The summed E-state index contributed by atoms with van der Waals surface area (Å²) in [6.45, 7) is 7.59. The fraction of sp³-hybridized carbons (Fsp3) is 0.846. The number of aliphatic carboxylic acids is 1. The van der Waals surface area contributed by atoms with Gasteiger partial charge < -0.3 is 15.3 Å². The molecule has 5 heteroatoms. The molecule has 0 aromatic heterocycles. The number of hydrogen-bond donors (Lipinski definition) is 2. The number of rotatable bonds is 4. The molecule has 0 saturated carbocycles. The first-order chi connectivity index (χ1) is 8.26. The summed E-state index contributed by atoms with van der Waals surface area (Å²) < 4.78 is 0. The molecular weight excluding hydrogens is 232 g/mol. The van der Waals surface area contributed by atoms with Gasteiger partial charge in [0.05, 0.1) is 6.42 Å². The van der Waals surface area contributed by atoms with Crippen molar-refractivity contribution in [3.8, 4) is 0 Å². The second-order valence-electron chi connectivity index (χ2n) is 5.78. The molecule has 0 aromatic rings. The standard InChI is InChI=1S/C13H24N2O3/c1-5-10-7-6-9(2)15(10)12(18)14-13(3,4)8-11(16)17/h9-10H,5-8H2,1-4H3,(H,14,18)(H,16,17). The Hall–Kier alpha value is -1.26. The van der Waals surface area contributed by atoms with E-state index in [1.807, 2.05) is 11.8 Å². The number of likely N-dealkylation sites (tertiary alicyclic amines) is 1. The third kappa shape index (κ3) is 3.62. The van der Waals surface area contributed by atoms with Crippen molar-refractivity contribution in [3.63, 3.8) is 0 Å². The van der Waals surface area contributed by atoms with Gasteiger partial charge in [-0.3, -0.25) is 4.79 Å². The molecule has 0 bridgehead atoms. The van der Waals surface area contributed by atoms with Crippen LogP contribution in [0, 0.1) is 0 Å². The van der Waals surface area contributed by atoms with Crippen LogP contribution in [0.15, 0.2) is 0 Å². The minimum Gasteiger partial charge on any atom is -0.481 e. The molecule has 1 saturated heterocycles. The van der Waals surface area contributed by atoms with E-state index in [0.717, 1.165) is 19.3 Å². The molecule has 104 valence electrons. The molecule has 1 aliphatic rings. The van der Waals surface area contributed by atoms with Crippen molar-refractivity contribution >= 4 is 12.0 Å². The number of nitrogens with zero attached hydrogens (tertiary/aromatic N) is 1. The highest BCUT2D eigenvalue weighted by molar-refractivity contribution is 5.77. The topological polar surface area (TPSA) is 69.6 Å². The summed E-state index contributed by atoms with van der Waals surface area (Å²) in [4.78, 5) is 24.8. The van der Waals surface area contributed by atoms with Crippen molar-refractivity contribution < 1.29 is 14.7 Å². The lowest BCUT2D eigenvalue weighted by molar-refractivity contribution is -0.138. The SMILES string of the molecule is CCC1CCC(C)N1C(=O)NC(C)(C)CC(=O)O. The molecule has 0 aromatic carbocycles. The second-order valence-corrected chi connectivity index (χ2v) is 5.78. The van der Waals surface area contributed by atoms with Gasteiger partial charge >= 0.3 is 12.0 Å². The Kier molecular flexibility index (Phi) is 4.59. The largest absolute Gasteiger partial charge is 0.481 e. The molecule has 0 spiro atoms. The molecule has 1 fully saturated rings. The van der Waals surface area contributed by atoms with Crippen molar-refractivity contribution in [2.45, 2.75) is 71.0 Å². The molecule has 0 radical (unpaired) electrons. The Balaban J connectivity index is 2.66. The Bertz CT molecular complexity index is 328. The molecule has 5 nitrogen and oxygen atoms in total. The second kappa shape index (κ2) is 5.59. The average molecular weight is 256 g/mol. The number of carboxylic acid groups (broad SMARTS) is 1. The van der Waals surface area contributed by atoms with Crippen molar-refractivity contribution in [2.75, 3.05) is 0 Å². The Morgan fingerprint density at radius 1 is 1.39 bits per heavy atom. The number of urea groups is 1. The zero-order chi connectivity index (χ0) is 13.9. The normalized spacial score (nSPS) is 24.1. The maximum Gasteiger partial charge on any atom is 0.318 e. The summed E-state index contributed by atoms with van der Waals surface area (Å²) in [5, 5.41) is 11.6. The van der Waals surface area contributed by atoms with Gasteiger partial charge in [0.1, 0.15) is 0 Å². The predicted octanol–water partition coefficient (Wildman–Crippen LogP) is 2.21. The number of carboxylic acids is 1. The minimum atomic E-state index is -0.901. The van der Waals surface area contributed by atoms with Crippen LogP contribution in [0.3, 0.4) is 0 Å². The molecular formula is C13H24N2O3. The van der Waals surface area contributed by atoms with Crippen LogP contribution in [0.4, 0.5) is 4.79 Å². The Morgan fingerprint density at radius 2 is 2.00 bits per heavy atom. The van der Waals surface area contributed by atoms with E-state index >= 15 is 0 Å². The van der Waals surface area contributed by atoms with E-state index in [2.05, 4.69) is 12.2 Å². The van der Waals surface area contributed by atoms with Gasteiger partial charge in [0.25, 0.3) is 0 Å². The van der Waals surface area contributed by atoms with Crippen LogP contribution >= 0.6 is 0 Å². The first kappa shape index (κ1) is 14.8. The number of hydrogen-bond acceptors (Lipinski definition) is 2. The minimum absolute atomic E-state index is 0.0717. The fourth-order valence-electron chi connectivity index (χ4n) is 2.61. The van der Waals surface area contributed by atoms with Gasteiger partial charge in [0.2, 0.25) is 0 Å². The highest BCUT2D eigenvalue weighted by Crippen LogP contribution is 2.26. The fourth-order valence-corrected chi connectivity index (χ4v) is 2.61. The van der Waals surface area contributed by atoms with Crippen LogP contribution in [-0.2, 0) is 4.79 Å². The average Bonchev–Trinajstić information content (AvgIpc) is 2.56. The molecule has 2 atom stereocenters. The van der Waals surface area contributed by atoms with Crippen LogP contribution in [-0.4, -0.2) is 39.6 Å². The van der Waals surface area contributed by atoms with Crippen molar-refractivity contribution in [2.24, 2.45) is 0 Å². The van der Waals surface area contributed by atoms with Crippen LogP contribution in [0.1, 0.15) is 53.4 Å². The molecule has 2 N–H and O–H groups in total. The number of carbonyl (C=O) groups is 2. The zero-order valence-electron chi connectivity index (χ0n) is 11.7. The van der Waals surface area contributed by atoms with Crippen molar-refractivity contribution in [3.05, 3.63) is 0 Å². The first-order valence-electron chi connectivity index (χ1n) is 6.59. The lowest BCUT2D eigenvalue weighted by Crippen LogP contribution is -2.53. The van der Waals surface area contributed by atoms with Crippen LogP contribution in [0.2, 0.25) is 0 Å². The summed E-state index contributed by atoms with van der Waals surface area (Å²) in [6, 6.07) is 0.370. The van der Waals surface area contributed by atoms with Gasteiger partial charge in [-0.15, -0.1) is 0 Å². The van der Waals surface area contributed by atoms with Crippen LogP contribution in [0.5, 0.6) is 0 Å². The van der Waals surface area contributed by atoms with Crippen LogP contribution < -0.4 is 5.32 Å². The van der Waals surface area contributed by atoms with Gasteiger partial charge in [-0.2, -0.15) is 0 Å². The van der Waals surface area contributed by atoms with Gasteiger partial charge in [-0.1, -0.05) is 6.92 Å². The Labute approximate surface area is 109 Å². The molecule has 1 aliphatic heterocycles. The molecule has 18 heavy (non-hydrogen) atoms. The quantitative estimate of drug-likeness (QED) is 0.810. The molecule has 1 rings (SSSR count). The van der Waals surface area contributed by atoms with Gasteiger partial charge in [0.15, 0.2) is 0 Å². The molecule has 2 amide bonds. The van der Waals surface area contributed by atoms with E-state index in [1.165, 1.54) is 0 Å². The monoisotopic (exact) mass is 256 g/mol. The number of amides is 2. The van der Waals surface area contributed by atoms with Gasteiger partial charge in [-0.25, -0.2) is 4.79 Å². The lowest BCUT2D eigenvalue weighted by Gasteiger charge is -2.33. The summed E-state index contributed by atoms with van der Waals surface area (Å²) in [6.07, 6.45) is 2.92. The van der Waals surface area contributed by atoms with E-state index in [4.69, 9.17) is 5.11 Å². The highest BCUT2D eigenvalue weighted by Gasteiger charge is 2.35. The third-order valence-electron chi connectivity index (χ3n) is 3.53. The van der Waals surface area contributed by atoms with E-state index < -0.39 is 11.5 Å². The zero-order valence-corrected chi connectivity index (χ0v) is 11.7. The summed E-state index contributed by atoms with van der Waals surface area (Å²) in [5.74, 6) is -0.901. The van der Waals surface area contributed by atoms with Crippen molar-refractivity contribution in [1.29, 1.82) is 0 Å². The number of carbonyl (C=O) groups excluding carboxylic acids is 1. The smallest absolute Gasteiger partial charge is 0.318 e. The van der Waals surface area contributed by atoms with Gasteiger partial charge in [-0.05, 0) is 40.0 Å². The first-order valence-corrected chi connectivity index (χ1v) is 6.59. The third-order valence-corrected chi connectivity index (χ3v) is 3.53. The van der Waals surface area contributed by atoms with Gasteiger partial charge in [0, 0.05) is 17.6 Å². The summed E-state index contributed by atoms with van der Waals surface area (Å²) in [5.41, 5.74) is -0.719. The highest BCUT2D eigenvalue weighted by atomic mass is 16.4. The molecule has 2 unspecified atom stereocenters. The predicted molar refractivity (Wildman–Crippen MR) is 69.5 cm³/mol. The summed E-state index contributed by atoms with van der Waals surface area (Å²) >= 11 is 0. The Morgan fingerprint density at radius 3 is 2.50 bits per heavy atom. The molecule has 1 heterocycles. The van der Waals surface area contributed by atoms with E-state index in [-0.39, 0.29) is 24.5 Å². The van der Waals surface area contributed by atoms with Crippen LogP contribution in [0.25, 0.3) is 0 Å². The van der Waals surface area contributed by atoms with E-state index in [0.29, 0.717) is 0 Å². The summed E-state index contributed by atoms with van der Waals surface area (Å²) in [7, 11) is 0. The number of nitrogens with one attached hydrogen (secondary N) is 1. The van der Waals surface area contributed by atoms with Crippen molar-refractivity contribution in [1.82, 2.24) is 10.2 Å². The van der Waals surface area contributed by atoms with E-state index in [1.54, 1.807) is 13.8 Å². The van der Waals surface area contributed by atoms with E-state index in [9.17, 15) is 9.59 Å².